The molecule has 1 heterocycles. The van der Waals surface area contributed by atoms with E-state index in [-0.39, 0.29) is 6.61 Å². The molecule has 0 spiro atoms. The van der Waals surface area contributed by atoms with Gasteiger partial charge in [0.2, 0.25) is 5.89 Å². The minimum Gasteiger partial charge on any atom is -0.439 e. The van der Waals surface area contributed by atoms with Gasteiger partial charge in [-0.3, -0.25) is 0 Å². The van der Waals surface area contributed by atoms with Crippen molar-refractivity contribution >= 4 is 11.1 Å². The smallest absolute Gasteiger partial charge is 0.214 e. The normalized spacial score (nSPS) is 13.3. The SMILES string of the molecule is Cc1cc(C)c2oc(C(N)CO)nc2c1. The van der Waals surface area contributed by atoms with Gasteiger partial charge in [0.15, 0.2) is 5.58 Å². The lowest BCUT2D eigenvalue weighted by Gasteiger charge is -2.00. The van der Waals surface area contributed by atoms with E-state index >= 15 is 0 Å². The van der Waals surface area contributed by atoms with Crippen LogP contribution in [0.4, 0.5) is 0 Å². The Hall–Kier alpha value is -1.39. The Morgan fingerprint density at radius 3 is 2.87 bits per heavy atom. The standard InChI is InChI=1S/C11H14N2O2/c1-6-3-7(2)10-9(4-6)13-11(15-10)8(12)5-14/h3-4,8,14H,5,12H2,1-2H3. The van der Waals surface area contributed by atoms with E-state index in [2.05, 4.69) is 4.98 Å². The number of hydrogen-bond acceptors (Lipinski definition) is 4. The topological polar surface area (TPSA) is 72.3 Å². The molecule has 0 bridgehead atoms. The van der Waals surface area contributed by atoms with Gasteiger partial charge in [-0.2, -0.15) is 0 Å². The first kappa shape index (κ1) is 10.1. The average molecular weight is 206 g/mol. The Bertz CT molecular complexity index is 491. The third-order valence-corrected chi connectivity index (χ3v) is 2.35. The second kappa shape index (κ2) is 3.64. The molecule has 1 aromatic heterocycles. The molecule has 0 fully saturated rings. The molecule has 0 amide bonds. The number of oxazole rings is 1. The summed E-state index contributed by atoms with van der Waals surface area (Å²) < 4.78 is 5.51. The summed E-state index contributed by atoms with van der Waals surface area (Å²) in [5.41, 5.74) is 9.36. The van der Waals surface area contributed by atoms with E-state index in [1.54, 1.807) is 0 Å². The summed E-state index contributed by atoms with van der Waals surface area (Å²) in [6.07, 6.45) is 0. The van der Waals surface area contributed by atoms with Crippen LogP contribution in [-0.4, -0.2) is 16.7 Å². The van der Waals surface area contributed by atoms with Gasteiger partial charge in [0, 0.05) is 0 Å². The molecule has 15 heavy (non-hydrogen) atoms. The van der Waals surface area contributed by atoms with Gasteiger partial charge in [-0.25, -0.2) is 4.98 Å². The van der Waals surface area contributed by atoms with E-state index in [9.17, 15) is 0 Å². The number of aliphatic hydroxyl groups is 1. The molecule has 0 aliphatic rings. The lowest BCUT2D eigenvalue weighted by molar-refractivity contribution is 0.250. The van der Waals surface area contributed by atoms with Crippen molar-refractivity contribution in [1.82, 2.24) is 4.98 Å². The molecular formula is C11H14N2O2. The van der Waals surface area contributed by atoms with E-state index in [0.717, 1.165) is 22.2 Å². The number of fused-ring (bicyclic) bond motifs is 1. The van der Waals surface area contributed by atoms with Crippen LogP contribution in [-0.2, 0) is 0 Å². The maximum Gasteiger partial charge on any atom is 0.214 e. The molecular weight excluding hydrogens is 192 g/mol. The van der Waals surface area contributed by atoms with Gasteiger partial charge in [0.25, 0.3) is 0 Å². The van der Waals surface area contributed by atoms with E-state index in [4.69, 9.17) is 15.3 Å². The van der Waals surface area contributed by atoms with Crippen LogP contribution in [0, 0.1) is 13.8 Å². The van der Waals surface area contributed by atoms with Crippen molar-refractivity contribution in [2.75, 3.05) is 6.61 Å². The van der Waals surface area contributed by atoms with Crippen molar-refractivity contribution in [1.29, 1.82) is 0 Å². The number of nitrogens with zero attached hydrogens (tertiary/aromatic N) is 1. The van der Waals surface area contributed by atoms with E-state index in [0.29, 0.717) is 5.89 Å². The van der Waals surface area contributed by atoms with E-state index < -0.39 is 6.04 Å². The zero-order valence-electron chi connectivity index (χ0n) is 8.82. The molecule has 0 saturated heterocycles. The van der Waals surface area contributed by atoms with Crippen LogP contribution in [0.1, 0.15) is 23.1 Å². The summed E-state index contributed by atoms with van der Waals surface area (Å²) >= 11 is 0. The predicted octanol–water partition coefficient (Wildman–Crippen LogP) is 1.44. The zero-order valence-corrected chi connectivity index (χ0v) is 8.82. The monoisotopic (exact) mass is 206 g/mol. The van der Waals surface area contributed by atoms with Crippen molar-refractivity contribution in [3.05, 3.63) is 29.2 Å². The van der Waals surface area contributed by atoms with Crippen molar-refractivity contribution < 1.29 is 9.52 Å². The summed E-state index contributed by atoms with van der Waals surface area (Å²) in [7, 11) is 0. The molecule has 2 rings (SSSR count). The minimum absolute atomic E-state index is 0.162. The average Bonchev–Trinajstić information content (AvgIpc) is 2.60. The molecule has 1 unspecified atom stereocenters. The lowest BCUT2D eigenvalue weighted by Crippen LogP contribution is -2.14. The summed E-state index contributed by atoms with van der Waals surface area (Å²) in [4.78, 5) is 4.25. The number of aryl methyl sites for hydroxylation is 2. The van der Waals surface area contributed by atoms with Gasteiger partial charge in [0.1, 0.15) is 11.6 Å². The number of nitrogens with two attached hydrogens (primary N) is 1. The molecule has 0 aliphatic heterocycles. The highest BCUT2D eigenvalue weighted by molar-refractivity contribution is 5.77. The molecule has 4 nitrogen and oxygen atoms in total. The second-order valence-electron chi connectivity index (χ2n) is 3.77. The number of aromatic nitrogens is 1. The molecule has 1 atom stereocenters. The summed E-state index contributed by atoms with van der Waals surface area (Å²) in [6, 6.07) is 3.43. The molecule has 80 valence electrons. The maximum atomic E-state index is 8.91. The fourth-order valence-corrected chi connectivity index (χ4v) is 1.63. The zero-order chi connectivity index (χ0) is 11.0. The Balaban J connectivity index is 2.60. The first-order valence-corrected chi connectivity index (χ1v) is 4.86. The lowest BCUT2D eigenvalue weighted by atomic mass is 10.1. The van der Waals surface area contributed by atoms with Crippen LogP contribution in [0.3, 0.4) is 0 Å². The van der Waals surface area contributed by atoms with Crippen molar-refractivity contribution in [3.8, 4) is 0 Å². The van der Waals surface area contributed by atoms with Crippen molar-refractivity contribution in [3.63, 3.8) is 0 Å². The fraction of sp³-hybridized carbons (Fsp3) is 0.364. The Morgan fingerprint density at radius 2 is 2.20 bits per heavy atom. The van der Waals surface area contributed by atoms with E-state index in [1.807, 2.05) is 26.0 Å². The first-order chi connectivity index (χ1) is 7.11. The van der Waals surface area contributed by atoms with Gasteiger partial charge < -0.3 is 15.3 Å². The van der Waals surface area contributed by atoms with Crippen LogP contribution in [0.5, 0.6) is 0 Å². The highest BCUT2D eigenvalue weighted by atomic mass is 16.4. The number of hydrogen-bond donors (Lipinski definition) is 2. The number of benzene rings is 1. The van der Waals surface area contributed by atoms with Gasteiger partial charge >= 0.3 is 0 Å². The number of rotatable bonds is 2. The molecule has 0 aliphatic carbocycles. The summed E-state index contributed by atoms with van der Waals surface area (Å²) in [5.74, 6) is 0.390. The molecule has 2 aromatic rings. The minimum atomic E-state index is -0.544. The Morgan fingerprint density at radius 1 is 1.47 bits per heavy atom. The predicted molar refractivity (Wildman–Crippen MR) is 57.5 cm³/mol. The molecule has 1 aromatic carbocycles. The highest BCUT2D eigenvalue weighted by Crippen LogP contribution is 2.23. The molecule has 0 saturated carbocycles. The van der Waals surface area contributed by atoms with Gasteiger partial charge in [-0.15, -0.1) is 0 Å². The summed E-state index contributed by atoms with van der Waals surface area (Å²) in [5, 5.41) is 8.91. The van der Waals surface area contributed by atoms with Crippen LogP contribution >= 0.6 is 0 Å². The Labute approximate surface area is 87.7 Å². The number of aliphatic hydroxyl groups excluding tert-OH is 1. The van der Waals surface area contributed by atoms with Gasteiger partial charge in [0.05, 0.1) is 6.61 Å². The van der Waals surface area contributed by atoms with Gasteiger partial charge in [-0.05, 0) is 31.0 Å². The quantitative estimate of drug-likeness (QED) is 0.779. The van der Waals surface area contributed by atoms with Crippen LogP contribution < -0.4 is 5.73 Å². The van der Waals surface area contributed by atoms with Crippen LogP contribution in [0.2, 0.25) is 0 Å². The largest absolute Gasteiger partial charge is 0.439 e. The van der Waals surface area contributed by atoms with Gasteiger partial charge in [-0.1, -0.05) is 6.07 Å². The third kappa shape index (κ3) is 1.73. The molecule has 0 radical (unpaired) electrons. The third-order valence-electron chi connectivity index (χ3n) is 2.35. The van der Waals surface area contributed by atoms with Crippen LogP contribution in [0.25, 0.3) is 11.1 Å². The fourth-order valence-electron chi connectivity index (χ4n) is 1.63. The van der Waals surface area contributed by atoms with Crippen molar-refractivity contribution in [2.24, 2.45) is 5.73 Å². The molecule has 3 N–H and O–H groups in total. The molecule has 4 heteroatoms. The van der Waals surface area contributed by atoms with Crippen LogP contribution in [0.15, 0.2) is 16.5 Å². The Kier molecular flexibility index (Phi) is 2.46. The maximum absolute atomic E-state index is 8.91. The first-order valence-electron chi connectivity index (χ1n) is 4.86. The highest BCUT2D eigenvalue weighted by Gasteiger charge is 2.14. The van der Waals surface area contributed by atoms with Crippen molar-refractivity contribution in [2.45, 2.75) is 19.9 Å². The van der Waals surface area contributed by atoms with E-state index in [1.165, 1.54) is 0 Å². The summed E-state index contributed by atoms with van der Waals surface area (Å²) in [6.45, 7) is 3.81. The second-order valence-corrected chi connectivity index (χ2v) is 3.77.